The van der Waals surface area contributed by atoms with Gasteiger partial charge in [-0.1, -0.05) is 18.2 Å². The zero-order valence-corrected chi connectivity index (χ0v) is 18.4. The highest BCUT2D eigenvalue weighted by Crippen LogP contribution is 2.30. The van der Waals surface area contributed by atoms with Gasteiger partial charge in [0, 0.05) is 72.4 Å². The number of guanidine groups is 1. The Balaban J connectivity index is 1.57. The molecule has 0 aliphatic carbocycles. The minimum atomic E-state index is -4.31. The third-order valence-electron chi connectivity index (χ3n) is 6.02. The van der Waals surface area contributed by atoms with Crippen molar-refractivity contribution in [2.75, 3.05) is 59.6 Å². The fourth-order valence-corrected chi connectivity index (χ4v) is 4.04. The van der Waals surface area contributed by atoms with Crippen LogP contribution >= 0.6 is 0 Å². The molecule has 174 valence electrons. The second kappa shape index (κ2) is 10.7. The Morgan fingerprint density at radius 2 is 1.90 bits per heavy atom. The third kappa shape index (κ3) is 6.57. The molecule has 2 aliphatic rings. The van der Waals surface area contributed by atoms with E-state index in [1.165, 1.54) is 12.1 Å². The molecule has 2 heterocycles. The van der Waals surface area contributed by atoms with Gasteiger partial charge in [0.25, 0.3) is 0 Å². The van der Waals surface area contributed by atoms with E-state index in [-0.39, 0.29) is 5.60 Å². The molecule has 1 aromatic carbocycles. The van der Waals surface area contributed by atoms with Gasteiger partial charge in [0.1, 0.15) is 0 Å². The molecule has 2 fully saturated rings. The van der Waals surface area contributed by atoms with Crippen molar-refractivity contribution in [2.45, 2.75) is 38.1 Å². The maximum Gasteiger partial charge on any atom is 0.416 e. The summed E-state index contributed by atoms with van der Waals surface area (Å²) in [4.78, 5) is 9.26. The molecule has 0 spiro atoms. The van der Waals surface area contributed by atoms with Crippen LogP contribution in [0.1, 0.15) is 30.9 Å². The number of ether oxygens (including phenoxy) is 2. The predicted octanol–water partition coefficient (Wildman–Crippen LogP) is 2.98. The van der Waals surface area contributed by atoms with Crippen LogP contribution < -0.4 is 5.32 Å². The Morgan fingerprint density at radius 1 is 1.19 bits per heavy atom. The largest absolute Gasteiger partial charge is 0.416 e. The van der Waals surface area contributed by atoms with Crippen LogP contribution in [0.3, 0.4) is 0 Å². The predicted molar refractivity (Wildman–Crippen MR) is 114 cm³/mol. The highest BCUT2D eigenvalue weighted by Gasteiger charge is 2.33. The van der Waals surface area contributed by atoms with Gasteiger partial charge in [0.15, 0.2) is 5.96 Å². The first kappa shape index (κ1) is 23.8. The molecule has 2 aliphatic heterocycles. The van der Waals surface area contributed by atoms with Gasteiger partial charge < -0.3 is 19.7 Å². The van der Waals surface area contributed by atoms with Gasteiger partial charge in [-0.2, -0.15) is 13.2 Å². The number of piperazine rings is 1. The number of rotatable bonds is 6. The molecule has 6 nitrogen and oxygen atoms in total. The van der Waals surface area contributed by atoms with Crippen molar-refractivity contribution in [3.63, 3.8) is 0 Å². The Morgan fingerprint density at radius 3 is 2.52 bits per heavy atom. The van der Waals surface area contributed by atoms with Crippen LogP contribution in [0, 0.1) is 0 Å². The highest BCUT2D eigenvalue weighted by molar-refractivity contribution is 5.80. The van der Waals surface area contributed by atoms with Crippen LogP contribution in [0.15, 0.2) is 29.3 Å². The van der Waals surface area contributed by atoms with Crippen molar-refractivity contribution in [1.29, 1.82) is 0 Å². The fourth-order valence-electron chi connectivity index (χ4n) is 4.04. The van der Waals surface area contributed by atoms with E-state index in [4.69, 9.17) is 14.5 Å². The molecule has 0 aromatic heterocycles. The average Bonchev–Trinajstić information content (AvgIpc) is 2.77. The first-order chi connectivity index (χ1) is 14.8. The molecular formula is C22H33F3N4O2. The number of nitrogens with zero attached hydrogens (tertiary/aromatic N) is 3. The summed E-state index contributed by atoms with van der Waals surface area (Å²) in [6, 6.07) is 5.60. The number of halogens is 3. The van der Waals surface area contributed by atoms with E-state index < -0.39 is 11.7 Å². The van der Waals surface area contributed by atoms with Crippen molar-refractivity contribution in [3.8, 4) is 0 Å². The summed E-state index contributed by atoms with van der Waals surface area (Å²) < 4.78 is 50.1. The van der Waals surface area contributed by atoms with Crippen molar-refractivity contribution in [3.05, 3.63) is 35.4 Å². The quantitative estimate of drug-likeness (QED) is 0.542. The van der Waals surface area contributed by atoms with Gasteiger partial charge in [-0.25, -0.2) is 0 Å². The average molecular weight is 443 g/mol. The number of hydrogen-bond acceptors (Lipinski definition) is 4. The molecule has 0 amide bonds. The summed E-state index contributed by atoms with van der Waals surface area (Å²) in [7, 11) is 1.74. The maximum atomic E-state index is 13.0. The molecule has 0 bridgehead atoms. The lowest BCUT2D eigenvalue weighted by Crippen LogP contribution is -2.52. The van der Waals surface area contributed by atoms with Gasteiger partial charge in [0.05, 0.1) is 17.7 Å². The van der Waals surface area contributed by atoms with Gasteiger partial charge in [-0.15, -0.1) is 0 Å². The monoisotopic (exact) mass is 442 g/mol. The number of alkyl halides is 3. The fraction of sp³-hybridized carbons (Fsp3) is 0.682. The van der Waals surface area contributed by atoms with Crippen LogP contribution in [0.4, 0.5) is 13.2 Å². The first-order valence-corrected chi connectivity index (χ1v) is 10.9. The summed E-state index contributed by atoms with van der Waals surface area (Å²) >= 11 is 0. The molecule has 0 saturated carbocycles. The Bertz CT molecular complexity index is 728. The smallest absolute Gasteiger partial charge is 0.381 e. The second-order valence-corrected chi connectivity index (χ2v) is 8.13. The zero-order valence-electron chi connectivity index (χ0n) is 18.4. The van der Waals surface area contributed by atoms with E-state index in [1.54, 1.807) is 13.2 Å². The van der Waals surface area contributed by atoms with Crippen LogP contribution in [-0.4, -0.2) is 81.0 Å². The molecule has 3 rings (SSSR count). The normalized spacial score (nSPS) is 20.7. The molecule has 2 saturated heterocycles. The number of hydrogen-bond donors (Lipinski definition) is 1. The summed E-state index contributed by atoms with van der Waals surface area (Å²) in [6.45, 7) is 8.36. The first-order valence-electron chi connectivity index (χ1n) is 10.9. The lowest BCUT2D eigenvalue weighted by Gasteiger charge is -2.38. The van der Waals surface area contributed by atoms with Crippen molar-refractivity contribution in [1.82, 2.24) is 15.1 Å². The van der Waals surface area contributed by atoms with Gasteiger partial charge in [-0.3, -0.25) is 9.89 Å². The van der Waals surface area contributed by atoms with E-state index in [0.29, 0.717) is 31.9 Å². The van der Waals surface area contributed by atoms with Crippen LogP contribution in [0.2, 0.25) is 0 Å². The second-order valence-electron chi connectivity index (χ2n) is 8.13. The van der Waals surface area contributed by atoms with Gasteiger partial charge in [-0.05, 0) is 18.6 Å². The Labute approximate surface area is 182 Å². The molecule has 0 atom stereocenters. The molecule has 1 aromatic rings. The highest BCUT2D eigenvalue weighted by atomic mass is 19.4. The lowest BCUT2D eigenvalue weighted by atomic mass is 9.94. The van der Waals surface area contributed by atoms with E-state index in [2.05, 4.69) is 15.1 Å². The number of benzene rings is 1. The molecule has 0 radical (unpaired) electrons. The Kier molecular flexibility index (Phi) is 8.18. The van der Waals surface area contributed by atoms with Gasteiger partial charge >= 0.3 is 6.18 Å². The summed E-state index contributed by atoms with van der Waals surface area (Å²) in [5.41, 5.74) is -0.180. The molecular weight excluding hydrogens is 409 g/mol. The number of nitrogens with one attached hydrogen (secondary N) is 1. The van der Waals surface area contributed by atoms with Crippen molar-refractivity contribution < 1.29 is 22.6 Å². The summed E-state index contributed by atoms with van der Waals surface area (Å²) in [6.07, 6.45) is -2.65. The van der Waals surface area contributed by atoms with Crippen LogP contribution in [0.5, 0.6) is 0 Å². The molecule has 0 unspecified atom stereocenters. The zero-order chi connectivity index (χ0) is 22.3. The number of aliphatic imine (C=N–C) groups is 1. The minimum Gasteiger partial charge on any atom is -0.381 e. The summed E-state index contributed by atoms with van der Waals surface area (Å²) in [5.74, 6) is 0.865. The third-order valence-corrected chi connectivity index (χ3v) is 6.02. The van der Waals surface area contributed by atoms with Crippen molar-refractivity contribution >= 4 is 5.96 Å². The van der Waals surface area contributed by atoms with E-state index in [1.807, 2.05) is 6.92 Å². The van der Waals surface area contributed by atoms with E-state index in [9.17, 15) is 13.2 Å². The van der Waals surface area contributed by atoms with E-state index >= 15 is 0 Å². The topological polar surface area (TPSA) is 49.3 Å². The van der Waals surface area contributed by atoms with Crippen LogP contribution in [-0.2, 0) is 22.2 Å². The Hall–Kier alpha value is -1.84. The number of methoxy groups -OCH3 is 1. The van der Waals surface area contributed by atoms with Crippen LogP contribution in [0.25, 0.3) is 0 Å². The minimum absolute atomic E-state index is 0.274. The molecule has 1 N–H and O–H groups in total. The molecule has 31 heavy (non-hydrogen) atoms. The van der Waals surface area contributed by atoms with Gasteiger partial charge in [0.2, 0.25) is 0 Å². The molecule has 9 heteroatoms. The standard InChI is InChI=1S/C22H33F3N4O2/c1-3-26-20(27-17-21(30-2)7-13-31-14-8-21)29-11-9-28(10-12-29)16-18-5-4-6-19(15-18)22(23,24)25/h4-6,15H,3,7-14,16-17H2,1-2H3,(H,26,27). The van der Waals surface area contributed by atoms with Crippen molar-refractivity contribution in [2.24, 2.45) is 4.99 Å². The lowest BCUT2D eigenvalue weighted by molar-refractivity contribution is -0.137. The SMILES string of the molecule is CCNC(=NCC1(OC)CCOCC1)N1CCN(Cc2cccc(C(F)(F)F)c2)CC1. The maximum absolute atomic E-state index is 13.0. The summed E-state index contributed by atoms with van der Waals surface area (Å²) in [5, 5.41) is 3.37. The van der Waals surface area contributed by atoms with E-state index in [0.717, 1.165) is 57.6 Å².